The van der Waals surface area contributed by atoms with E-state index in [4.69, 9.17) is 6.42 Å². The van der Waals surface area contributed by atoms with E-state index in [2.05, 4.69) is 5.92 Å². The van der Waals surface area contributed by atoms with E-state index in [1.54, 1.807) is 17.4 Å². The zero-order chi connectivity index (χ0) is 9.97. The molecule has 1 heterocycles. The number of rotatable bonds is 1. The average Bonchev–Trinajstić information content (AvgIpc) is 2.70. The lowest BCUT2D eigenvalue weighted by Crippen LogP contribution is -1.87. The molecule has 0 aliphatic carbocycles. The fourth-order valence-corrected chi connectivity index (χ4v) is 1.99. The minimum atomic E-state index is -0.337. The highest BCUT2D eigenvalue weighted by Crippen LogP contribution is 2.26. The van der Waals surface area contributed by atoms with Gasteiger partial charge in [0, 0.05) is 5.56 Å². The molecule has 0 saturated carbocycles. The van der Waals surface area contributed by atoms with Crippen LogP contribution in [0, 0.1) is 18.2 Å². The molecule has 1 aromatic carbocycles. The van der Waals surface area contributed by atoms with Gasteiger partial charge in [-0.05, 0) is 28.5 Å². The largest absolute Gasteiger partial charge is 0.206 e. The molecule has 2 rings (SSSR count). The van der Waals surface area contributed by atoms with E-state index in [-0.39, 0.29) is 5.82 Å². The highest BCUT2D eigenvalue weighted by molar-refractivity contribution is 7.08. The molecule has 0 unspecified atom stereocenters. The Labute approximate surface area is 86.0 Å². The quantitative estimate of drug-likeness (QED) is 0.620. The molecule has 1 aromatic heterocycles. The van der Waals surface area contributed by atoms with Crippen molar-refractivity contribution in [3.63, 3.8) is 0 Å². The minimum Gasteiger partial charge on any atom is -0.206 e. The summed E-state index contributed by atoms with van der Waals surface area (Å²) in [6.07, 6.45) is 5.27. The van der Waals surface area contributed by atoms with Crippen molar-refractivity contribution >= 4 is 11.3 Å². The third-order valence-corrected chi connectivity index (χ3v) is 2.67. The van der Waals surface area contributed by atoms with Crippen LogP contribution in [0.25, 0.3) is 11.1 Å². The third-order valence-electron chi connectivity index (χ3n) is 1.99. The molecule has 0 radical (unpaired) electrons. The van der Waals surface area contributed by atoms with Gasteiger partial charge in [-0.2, -0.15) is 11.3 Å². The Kier molecular flexibility index (Phi) is 2.34. The Morgan fingerprint density at radius 1 is 1.29 bits per heavy atom. The van der Waals surface area contributed by atoms with Crippen LogP contribution in [0.4, 0.5) is 4.39 Å². The molecule has 0 nitrogen and oxygen atoms in total. The van der Waals surface area contributed by atoms with Crippen molar-refractivity contribution in [3.8, 4) is 23.5 Å². The molecule has 0 spiro atoms. The summed E-state index contributed by atoms with van der Waals surface area (Å²) in [5.74, 6) is 2.04. The van der Waals surface area contributed by atoms with Crippen LogP contribution in [0.1, 0.15) is 5.56 Å². The SMILES string of the molecule is C#Cc1c(F)cccc1-c1ccsc1. The van der Waals surface area contributed by atoms with Crippen molar-refractivity contribution in [2.45, 2.75) is 0 Å². The van der Waals surface area contributed by atoms with Crippen LogP contribution in [-0.4, -0.2) is 0 Å². The molecule has 0 N–H and O–H groups in total. The first-order chi connectivity index (χ1) is 6.83. The summed E-state index contributed by atoms with van der Waals surface area (Å²) >= 11 is 1.57. The number of thiophene rings is 1. The maximum Gasteiger partial charge on any atom is 0.139 e. The minimum absolute atomic E-state index is 0.337. The number of hydrogen-bond acceptors (Lipinski definition) is 1. The van der Waals surface area contributed by atoms with Crippen molar-refractivity contribution in [2.24, 2.45) is 0 Å². The molecule has 68 valence electrons. The second-order valence-electron chi connectivity index (χ2n) is 2.82. The van der Waals surface area contributed by atoms with Crippen LogP contribution in [0.5, 0.6) is 0 Å². The molecule has 2 heteroatoms. The molecule has 2 aromatic rings. The number of terminal acetylenes is 1. The van der Waals surface area contributed by atoms with Crippen LogP contribution in [0.3, 0.4) is 0 Å². The Bertz CT molecular complexity index is 478. The van der Waals surface area contributed by atoms with Gasteiger partial charge in [0.1, 0.15) is 5.82 Å². The van der Waals surface area contributed by atoms with Gasteiger partial charge < -0.3 is 0 Å². The van der Waals surface area contributed by atoms with Crippen molar-refractivity contribution in [2.75, 3.05) is 0 Å². The lowest BCUT2D eigenvalue weighted by atomic mass is 10.0. The summed E-state index contributed by atoms with van der Waals surface area (Å²) in [5, 5.41) is 3.90. The van der Waals surface area contributed by atoms with Gasteiger partial charge in [0.2, 0.25) is 0 Å². The first-order valence-electron chi connectivity index (χ1n) is 4.10. The fraction of sp³-hybridized carbons (Fsp3) is 0. The maximum atomic E-state index is 13.3. The molecular formula is C12H7FS. The highest BCUT2D eigenvalue weighted by Gasteiger charge is 2.07. The lowest BCUT2D eigenvalue weighted by Gasteiger charge is -2.02. The Morgan fingerprint density at radius 2 is 2.14 bits per heavy atom. The van der Waals surface area contributed by atoms with Gasteiger partial charge in [-0.1, -0.05) is 18.1 Å². The second kappa shape index (κ2) is 3.65. The Balaban J connectivity index is 2.66. The third kappa shape index (κ3) is 1.43. The zero-order valence-electron chi connectivity index (χ0n) is 7.33. The van der Waals surface area contributed by atoms with Crippen molar-refractivity contribution < 1.29 is 4.39 Å². The van der Waals surface area contributed by atoms with Crippen molar-refractivity contribution in [3.05, 3.63) is 46.4 Å². The highest BCUT2D eigenvalue weighted by atomic mass is 32.1. The summed E-state index contributed by atoms with van der Waals surface area (Å²) in [6.45, 7) is 0. The van der Waals surface area contributed by atoms with Crippen LogP contribution >= 0.6 is 11.3 Å². The topological polar surface area (TPSA) is 0 Å². The van der Waals surface area contributed by atoms with Crippen molar-refractivity contribution in [1.82, 2.24) is 0 Å². The Morgan fingerprint density at radius 3 is 2.79 bits per heavy atom. The van der Waals surface area contributed by atoms with Gasteiger partial charge in [-0.3, -0.25) is 0 Å². The predicted molar refractivity (Wildman–Crippen MR) is 57.6 cm³/mol. The zero-order valence-corrected chi connectivity index (χ0v) is 8.14. The van der Waals surface area contributed by atoms with Crippen LogP contribution in [0.15, 0.2) is 35.0 Å². The van der Waals surface area contributed by atoms with E-state index in [1.165, 1.54) is 6.07 Å². The van der Waals surface area contributed by atoms with E-state index in [0.717, 1.165) is 11.1 Å². The van der Waals surface area contributed by atoms with Gasteiger partial charge in [-0.25, -0.2) is 4.39 Å². The molecule has 0 aliphatic heterocycles. The van der Waals surface area contributed by atoms with Gasteiger partial charge in [0.15, 0.2) is 0 Å². The number of benzene rings is 1. The molecule has 14 heavy (non-hydrogen) atoms. The van der Waals surface area contributed by atoms with Crippen LogP contribution < -0.4 is 0 Å². The number of hydrogen-bond donors (Lipinski definition) is 0. The van der Waals surface area contributed by atoms with E-state index < -0.39 is 0 Å². The van der Waals surface area contributed by atoms with Gasteiger partial charge in [0.25, 0.3) is 0 Å². The monoisotopic (exact) mass is 202 g/mol. The smallest absolute Gasteiger partial charge is 0.139 e. The fourth-order valence-electron chi connectivity index (χ4n) is 1.33. The maximum absolute atomic E-state index is 13.3. The standard InChI is InChI=1S/C12H7FS/c1-2-10-11(4-3-5-12(10)13)9-6-7-14-8-9/h1,3-8H. The summed E-state index contributed by atoms with van der Waals surface area (Å²) in [5.41, 5.74) is 2.10. The summed E-state index contributed by atoms with van der Waals surface area (Å²) in [7, 11) is 0. The molecule has 0 atom stereocenters. The van der Waals surface area contributed by atoms with Gasteiger partial charge >= 0.3 is 0 Å². The van der Waals surface area contributed by atoms with Gasteiger partial charge in [0.05, 0.1) is 5.56 Å². The first kappa shape index (κ1) is 8.98. The normalized spacial score (nSPS) is 9.71. The molecule has 0 saturated heterocycles. The van der Waals surface area contributed by atoms with E-state index in [9.17, 15) is 4.39 Å². The molecular weight excluding hydrogens is 195 g/mol. The Hall–Kier alpha value is -1.59. The summed E-state index contributed by atoms with van der Waals surface area (Å²) < 4.78 is 13.3. The lowest BCUT2D eigenvalue weighted by molar-refractivity contribution is 0.625. The van der Waals surface area contributed by atoms with Gasteiger partial charge in [-0.15, -0.1) is 6.42 Å². The second-order valence-corrected chi connectivity index (χ2v) is 3.60. The van der Waals surface area contributed by atoms with E-state index in [1.807, 2.05) is 22.9 Å². The summed E-state index contributed by atoms with van der Waals surface area (Å²) in [6, 6.07) is 6.81. The molecule has 0 aliphatic rings. The average molecular weight is 202 g/mol. The van der Waals surface area contributed by atoms with Crippen LogP contribution in [-0.2, 0) is 0 Å². The first-order valence-corrected chi connectivity index (χ1v) is 5.05. The number of halogens is 1. The molecule has 0 bridgehead atoms. The van der Waals surface area contributed by atoms with E-state index >= 15 is 0 Å². The molecule has 0 fully saturated rings. The predicted octanol–water partition coefficient (Wildman–Crippen LogP) is 3.54. The van der Waals surface area contributed by atoms with E-state index in [0.29, 0.717) is 5.56 Å². The summed E-state index contributed by atoms with van der Waals surface area (Å²) in [4.78, 5) is 0. The molecule has 0 amide bonds. The van der Waals surface area contributed by atoms with Crippen LogP contribution in [0.2, 0.25) is 0 Å². The van der Waals surface area contributed by atoms with Crippen molar-refractivity contribution in [1.29, 1.82) is 0 Å².